The molecule has 0 unspecified atom stereocenters. The molecule has 1 N–H and O–H groups in total. The minimum Gasteiger partial charge on any atom is -0.352 e. The monoisotopic (exact) mass is 330 g/mol. The average Bonchev–Trinajstić information content (AvgIpc) is 3.08. The van der Waals surface area contributed by atoms with Gasteiger partial charge in [0.05, 0.1) is 0 Å². The molecule has 0 bridgehead atoms. The fraction of sp³-hybridized carbons (Fsp3) is 0.333. The molecule has 1 aromatic heterocycles. The smallest absolute Gasteiger partial charge is 0.252 e. The number of para-hydroxylation sites is 1. The summed E-state index contributed by atoms with van der Waals surface area (Å²) in [6, 6.07) is 9.68. The topological polar surface area (TPSA) is 49.4 Å². The van der Waals surface area contributed by atoms with Gasteiger partial charge in [-0.15, -0.1) is 0 Å². The van der Waals surface area contributed by atoms with Gasteiger partial charge < -0.3 is 10.2 Å². The zero-order chi connectivity index (χ0) is 16.7. The highest BCUT2D eigenvalue weighted by Gasteiger charge is 2.15. The number of hydrogen-bond acceptors (Lipinski definition) is 3. The highest BCUT2D eigenvalue weighted by Crippen LogP contribution is 2.20. The second-order valence-corrected chi connectivity index (χ2v) is 6.08. The van der Waals surface area contributed by atoms with E-state index in [9.17, 15) is 9.59 Å². The summed E-state index contributed by atoms with van der Waals surface area (Å²) in [5, 5.41) is 6.54. The van der Waals surface area contributed by atoms with Crippen LogP contribution in [0, 0.1) is 6.92 Å². The minimum absolute atomic E-state index is 0.0787. The molecule has 122 valence electrons. The summed E-state index contributed by atoms with van der Waals surface area (Å²) < 4.78 is 0. The van der Waals surface area contributed by atoms with Crippen LogP contribution in [-0.4, -0.2) is 24.9 Å². The molecular formula is C18H22N2O2S. The number of anilines is 1. The lowest BCUT2D eigenvalue weighted by Gasteiger charge is -2.23. The number of benzene rings is 1. The van der Waals surface area contributed by atoms with Crippen LogP contribution < -0.4 is 10.2 Å². The van der Waals surface area contributed by atoms with E-state index in [-0.39, 0.29) is 11.8 Å². The summed E-state index contributed by atoms with van der Waals surface area (Å²) in [7, 11) is 0. The lowest BCUT2D eigenvalue weighted by atomic mass is 10.1. The van der Waals surface area contributed by atoms with E-state index in [4.69, 9.17) is 0 Å². The summed E-state index contributed by atoms with van der Waals surface area (Å²) in [5.41, 5.74) is 2.73. The molecule has 5 heteroatoms. The van der Waals surface area contributed by atoms with Gasteiger partial charge in [0.2, 0.25) is 5.91 Å². The first-order valence-corrected chi connectivity index (χ1v) is 8.74. The van der Waals surface area contributed by atoms with Crippen LogP contribution in [0.4, 0.5) is 5.69 Å². The molecule has 0 aliphatic carbocycles. The van der Waals surface area contributed by atoms with Crippen LogP contribution in [0.25, 0.3) is 0 Å². The molecule has 1 aromatic carbocycles. The van der Waals surface area contributed by atoms with Crippen molar-refractivity contribution in [2.45, 2.75) is 26.7 Å². The van der Waals surface area contributed by atoms with E-state index in [0.29, 0.717) is 31.5 Å². The van der Waals surface area contributed by atoms with E-state index >= 15 is 0 Å². The summed E-state index contributed by atoms with van der Waals surface area (Å²) in [4.78, 5) is 26.0. The molecular weight excluding hydrogens is 308 g/mol. The zero-order valence-electron chi connectivity index (χ0n) is 13.5. The van der Waals surface area contributed by atoms with Gasteiger partial charge in [0.25, 0.3) is 5.91 Å². The third-order valence-electron chi connectivity index (χ3n) is 3.66. The fourth-order valence-corrected chi connectivity index (χ4v) is 3.06. The maximum absolute atomic E-state index is 12.4. The first kappa shape index (κ1) is 17.2. The van der Waals surface area contributed by atoms with Crippen molar-refractivity contribution in [1.29, 1.82) is 0 Å². The fourth-order valence-electron chi connectivity index (χ4n) is 2.42. The summed E-state index contributed by atoms with van der Waals surface area (Å²) in [6.07, 6.45) is 1.06. The van der Waals surface area contributed by atoms with Crippen LogP contribution in [-0.2, 0) is 4.79 Å². The largest absolute Gasteiger partial charge is 0.352 e. The number of aryl methyl sites for hydroxylation is 1. The summed E-state index contributed by atoms with van der Waals surface area (Å²) >= 11 is 1.50. The van der Waals surface area contributed by atoms with Crippen molar-refractivity contribution in [1.82, 2.24) is 5.32 Å². The zero-order valence-corrected chi connectivity index (χ0v) is 14.4. The Kier molecular flexibility index (Phi) is 6.35. The first-order valence-electron chi connectivity index (χ1n) is 7.80. The van der Waals surface area contributed by atoms with E-state index < -0.39 is 0 Å². The molecule has 0 spiro atoms. The van der Waals surface area contributed by atoms with E-state index in [1.54, 1.807) is 11.0 Å². The van der Waals surface area contributed by atoms with Crippen LogP contribution >= 0.6 is 11.3 Å². The Morgan fingerprint density at radius 2 is 2.00 bits per heavy atom. The molecule has 2 rings (SSSR count). The summed E-state index contributed by atoms with van der Waals surface area (Å²) in [6.45, 7) is 5.13. The Labute approximate surface area is 141 Å². The molecule has 0 aliphatic heterocycles. The molecule has 2 aromatic rings. The van der Waals surface area contributed by atoms with E-state index in [2.05, 4.69) is 5.32 Å². The van der Waals surface area contributed by atoms with E-state index in [1.807, 2.05) is 48.9 Å². The molecule has 23 heavy (non-hydrogen) atoms. The third kappa shape index (κ3) is 4.66. The van der Waals surface area contributed by atoms with Crippen LogP contribution in [0.15, 0.2) is 41.1 Å². The lowest BCUT2D eigenvalue weighted by Crippen LogP contribution is -2.32. The van der Waals surface area contributed by atoms with Crippen molar-refractivity contribution in [3.05, 3.63) is 52.2 Å². The Bertz CT molecular complexity index is 653. The van der Waals surface area contributed by atoms with Crippen molar-refractivity contribution < 1.29 is 9.59 Å². The maximum Gasteiger partial charge on any atom is 0.252 e. The molecule has 4 nitrogen and oxygen atoms in total. The Hall–Kier alpha value is -2.14. The predicted octanol–water partition coefficient (Wildman–Crippen LogP) is 3.62. The standard InChI is InChI=1S/C18H22N2O2S/c1-3-20(16-8-5-4-7-14(16)2)17(21)9-6-11-19-18(22)15-10-12-23-13-15/h4-5,7-8,10,12-13H,3,6,9,11H2,1-2H3,(H,19,22). The second-order valence-electron chi connectivity index (χ2n) is 5.30. The van der Waals surface area contributed by atoms with Gasteiger partial charge in [0, 0.05) is 36.1 Å². The molecule has 0 atom stereocenters. The Morgan fingerprint density at radius 1 is 1.22 bits per heavy atom. The van der Waals surface area contributed by atoms with Crippen LogP contribution in [0.1, 0.15) is 35.7 Å². The second kappa shape index (κ2) is 8.48. The molecule has 1 heterocycles. The molecule has 0 radical (unpaired) electrons. The highest BCUT2D eigenvalue weighted by molar-refractivity contribution is 7.08. The van der Waals surface area contributed by atoms with Gasteiger partial charge in [-0.2, -0.15) is 11.3 Å². The number of rotatable bonds is 7. The maximum atomic E-state index is 12.4. The van der Waals surface area contributed by atoms with Gasteiger partial charge in [-0.3, -0.25) is 9.59 Å². The van der Waals surface area contributed by atoms with Gasteiger partial charge in [-0.05, 0) is 43.3 Å². The van der Waals surface area contributed by atoms with Crippen LogP contribution in [0.2, 0.25) is 0 Å². The van der Waals surface area contributed by atoms with Crippen molar-refractivity contribution >= 4 is 28.8 Å². The Balaban J connectivity index is 1.81. The average molecular weight is 330 g/mol. The summed E-state index contributed by atoms with van der Waals surface area (Å²) in [5.74, 6) is 0.0107. The van der Waals surface area contributed by atoms with Gasteiger partial charge in [-0.25, -0.2) is 0 Å². The third-order valence-corrected chi connectivity index (χ3v) is 4.34. The number of carbonyl (C=O) groups is 2. The number of nitrogens with zero attached hydrogens (tertiary/aromatic N) is 1. The van der Waals surface area contributed by atoms with Crippen molar-refractivity contribution in [2.75, 3.05) is 18.0 Å². The van der Waals surface area contributed by atoms with Gasteiger partial charge in [-0.1, -0.05) is 18.2 Å². The van der Waals surface area contributed by atoms with E-state index in [1.165, 1.54) is 11.3 Å². The number of thiophene rings is 1. The quantitative estimate of drug-likeness (QED) is 0.788. The normalized spacial score (nSPS) is 10.3. The molecule has 0 saturated carbocycles. The number of amides is 2. The van der Waals surface area contributed by atoms with Crippen LogP contribution in [0.5, 0.6) is 0 Å². The highest BCUT2D eigenvalue weighted by atomic mass is 32.1. The van der Waals surface area contributed by atoms with Gasteiger partial charge in [0.15, 0.2) is 0 Å². The number of nitrogens with one attached hydrogen (secondary N) is 1. The van der Waals surface area contributed by atoms with Gasteiger partial charge >= 0.3 is 0 Å². The Morgan fingerprint density at radius 3 is 2.65 bits per heavy atom. The molecule has 0 saturated heterocycles. The molecule has 2 amide bonds. The molecule has 0 aliphatic rings. The van der Waals surface area contributed by atoms with Crippen molar-refractivity contribution in [2.24, 2.45) is 0 Å². The lowest BCUT2D eigenvalue weighted by molar-refractivity contribution is -0.118. The van der Waals surface area contributed by atoms with Gasteiger partial charge in [0.1, 0.15) is 0 Å². The minimum atomic E-state index is -0.0787. The van der Waals surface area contributed by atoms with Crippen molar-refractivity contribution in [3.8, 4) is 0 Å². The SMILES string of the molecule is CCN(C(=O)CCCNC(=O)c1ccsc1)c1ccccc1C. The van der Waals surface area contributed by atoms with E-state index in [0.717, 1.165) is 11.3 Å². The number of hydrogen-bond donors (Lipinski definition) is 1. The first-order chi connectivity index (χ1) is 11.1. The van der Waals surface area contributed by atoms with Crippen molar-refractivity contribution in [3.63, 3.8) is 0 Å². The molecule has 0 fully saturated rings. The predicted molar refractivity (Wildman–Crippen MR) is 95.1 cm³/mol. The van der Waals surface area contributed by atoms with Crippen LogP contribution in [0.3, 0.4) is 0 Å². The number of carbonyl (C=O) groups excluding carboxylic acids is 2.